The number of piperazine rings is 1. The maximum atomic E-state index is 12.5. The van der Waals surface area contributed by atoms with E-state index in [9.17, 15) is 13.2 Å². The second-order valence-electron chi connectivity index (χ2n) is 5.66. The predicted molar refractivity (Wildman–Crippen MR) is 90.3 cm³/mol. The number of alkyl halides is 3. The zero-order valence-electron chi connectivity index (χ0n) is 13.7. The Kier molecular flexibility index (Phi) is 5.51. The summed E-state index contributed by atoms with van der Waals surface area (Å²) in [6, 6.07) is 8.25. The van der Waals surface area contributed by atoms with Gasteiger partial charge in [0.1, 0.15) is 11.5 Å². The third-order valence-electron chi connectivity index (χ3n) is 4.06. The summed E-state index contributed by atoms with van der Waals surface area (Å²) in [7, 11) is 1.46. The van der Waals surface area contributed by atoms with Crippen LogP contribution in [0.1, 0.15) is 16.5 Å². The first kappa shape index (κ1) is 18.0. The first-order valence-electron chi connectivity index (χ1n) is 7.90. The van der Waals surface area contributed by atoms with E-state index >= 15 is 0 Å². The van der Waals surface area contributed by atoms with Gasteiger partial charge in [-0.1, -0.05) is 6.07 Å². The van der Waals surface area contributed by atoms with Crippen molar-refractivity contribution in [2.75, 3.05) is 33.3 Å². The first-order chi connectivity index (χ1) is 12.0. The van der Waals surface area contributed by atoms with Gasteiger partial charge in [-0.25, -0.2) is 0 Å². The Bertz CT molecular complexity index is 686. The maximum Gasteiger partial charge on any atom is 0.573 e. The van der Waals surface area contributed by atoms with Gasteiger partial charge >= 0.3 is 6.36 Å². The summed E-state index contributed by atoms with van der Waals surface area (Å²) in [5.41, 5.74) is 0.835. The highest BCUT2D eigenvalue weighted by molar-refractivity contribution is 7.10. The average Bonchev–Trinajstić information content (AvgIpc) is 3.10. The molecule has 1 fully saturated rings. The SMILES string of the molecule is COc1cc(OC(F)(F)F)ccc1[C@@H](c1cccs1)N1CCNCC1. The van der Waals surface area contributed by atoms with Crippen molar-refractivity contribution in [3.05, 3.63) is 46.2 Å². The lowest BCUT2D eigenvalue weighted by molar-refractivity contribution is -0.274. The van der Waals surface area contributed by atoms with E-state index in [0.29, 0.717) is 5.75 Å². The molecule has 4 nitrogen and oxygen atoms in total. The van der Waals surface area contributed by atoms with Gasteiger partial charge in [0.15, 0.2) is 0 Å². The maximum absolute atomic E-state index is 12.5. The molecular weight excluding hydrogens is 353 g/mol. The van der Waals surface area contributed by atoms with Crippen LogP contribution < -0.4 is 14.8 Å². The van der Waals surface area contributed by atoms with Gasteiger partial charge < -0.3 is 14.8 Å². The summed E-state index contributed by atoms with van der Waals surface area (Å²) in [4.78, 5) is 3.44. The molecule has 1 aromatic heterocycles. The van der Waals surface area contributed by atoms with Crippen LogP contribution in [0.2, 0.25) is 0 Å². The Morgan fingerprint density at radius 2 is 1.96 bits per heavy atom. The van der Waals surface area contributed by atoms with Crippen LogP contribution in [0.25, 0.3) is 0 Å². The number of hydrogen-bond donors (Lipinski definition) is 1. The molecule has 2 heterocycles. The van der Waals surface area contributed by atoms with Gasteiger partial charge in [0, 0.05) is 42.7 Å². The topological polar surface area (TPSA) is 33.7 Å². The molecule has 8 heteroatoms. The smallest absolute Gasteiger partial charge is 0.496 e. The molecule has 0 unspecified atom stereocenters. The molecule has 0 amide bonds. The molecule has 0 aliphatic carbocycles. The fourth-order valence-electron chi connectivity index (χ4n) is 3.03. The number of nitrogens with zero attached hydrogens (tertiary/aromatic N) is 1. The van der Waals surface area contributed by atoms with E-state index in [1.165, 1.54) is 19.2 Å². The fourth-order valence-corrected chi connectivity index (χ4v) is 3.91. The Morgan fingerprint density at radius 1 is 1.20 bits per heavy atom. The van der Waals surface area contributed by atoms with Gasteiger partial charge in [0.2, 0.25) is 0 Å². The lowest BCUT2D eigenvalue weighted by atomic mass is 10.0. The number of methoxy groups -OCH3 is 1. The Morgan fingerprint density at radius 3 is 2.56 bits per heavy atom. The van der Waals surface area contributed by atoms with Crippen LogP contribution in [0.5, 0.6) is 11.5 Å². The van der Waals surface area contributed by atoms with Crippen molar-refractivity contribution >= 4 is 11.3 Å². The Labute approximate surface area is 148 Å². The standard InChI is InChI=1S/C17H19F3N2O2S/c1-23-14-11-12(24-17(18,19)20)4-5-13(14)16(15-3-2-10-25-15)22-8-6-21-7-9-22/h2-5,10-11,16,21H,6-9H2,1H3/t16-/m0/s1. The summed E-state index contributed by atoms with van der Waals surface area (Å²) >= 11 is 1.62. The summed E-state index contributed by atoms with van der Waals surface area (Å²) in [6.07, 6.45) is -4.72. The van der Waals surface area contributed by atoms with Crippen LogP contribution in [0.15, 0.2) is 35.7 Å². The molecule has 0 saturated carbocycles. The number of hydrogen-bond acceptors (Lipinski definition) is 5. The highest BCUT2D eigenvalue weighted by atomic mass is 32.1. The van der Waals surface area contributed by atoms with Crippen LogP contribution >= 0.6 is 11.3 Å². The van der Waals surface area contributed by atoms with E-state index in [-0.39, 0.29) is 11.8 Å². The molecule has 0 bridgehead atoms. The van der Waals surface area contributed by atoms with Crippen molar-refractivity contribution in [2.45, 2.75) is 12.4 Å². The van der Waals surface area contributed by atoms with Gasteiger partial charge in [0.05, 0.1) is 13.2 Å². The second kappa shape index (κ2) is 7.63. The van der Waals surface area contributed by atoms with Gasteiger partial charge in [-0.05, 0) is 23.6 Å². The number of rotatable bonds is 5. The Balaban J connectivity index is 1.97. The summed E-state index contributed by atoms with van der Waals surface area (Å²) < 4.78 is 46.8. The summed E-state index contributed by atoms with van der Waals surface area (Å²) in [6.45, 7) is 3.46. The lowest BCUT2D eigenvalue weighted by Crippen LogP contribution is -2.45. The van der Waals surface area contributed by atoms with E-state index in [2.05, 4.69) is 15.0 Å². The summed E-state index contributed by atoms with van der Waals surface area (Å²) in [5, 5.41) is 5.31. The average molecular weight is 372 g/mol. The minimum atomic E-state index is -4.72. The number of halogens is 3. The number of nitrogens with one attached hydrogen (secondary N) is 1. The van der Waals surface area contributed by atoms with Gasteiger partial charge in [-0.3, -0.25) is 4.90 Å². The molecule has 1 aliphatic rings. The van der Waals surface area contributed by atoms with Crippen LogP contribution in [0, 0.1) is 0 Å². The van der Waals surface area contributed by atoms with Crippen LogP contribution in [-0.4, -0.2) is 44.6 Å². The van der Waals surface area contributed by atoms with Crippen molar-refractivity contribution in [2.24, 2.45) is 0 Å². The molecule has 136 valence electrons. The molecule has 1 saturated heterocycles. The molecule has 0 radical (unpaired) electrons. The molecule has 1 atom stereocenters. The van der Waals surface area contributed by atoms with Crippen molar-refractivity contribution in [1.82, 2.24) is 10.2 Å². The first-order valence-corrected chi connectivity index (χ1v) is 8.78. The highest BCUT2D eigenvalue weighted by Crippen LogP contribution is 2.39. The van der Waals surface area contributed by atoms with Crippen LogP contribution in [0.4, 0.5) is 13.2 Å². The van der Waals surface area contributed by atoms with E-state index in [4.69, 9.17) is 4.74 Å². The normalized spacial score (nSPS) is 17.3. The van der Waals surface area contributed by atoms with Crippen molar-refractivity contribution < 1.29 is 22.6 Å². The lowest BCUT2D eigenvalue weighted by Gasteiger charge is -2.35. The third kappa shape index (κ3) is 4.45. The van der Waals surface area contributed by atoms with E-state index in [1.807, 2.05) is 17.5 Å². The Hall–Kier alpha value is -1.77. The van der Waals surface area contributed by atoms with Crippen molar-refractivity contribution in [3.63, 3.8) is 0 Å². The third-order valence-corrected chi connectivity index (χ3v) is 4.99. The number of ether oxygens (including phenoxy) is 2. The minimum Gasteiger partial charge on any atom is -0.496 e. The quantitative estimate of drug-likeness (QED) is 0.869. The van der Waals surface area contributed by atoms with Crippen LogP contribution in [-0.2, 0) is 0 Å². The largest absolute Gasteiger partial charge is 0.573 e. The zero-order valence-corrected chi connectivity index (χ0v) is 14.5. The molecule has 1 N–H and O–H groups in total. The second-order valence-corrected chi connectivity index (χ2v) is 6.63. The molecule has 3 rings (SSSR count). The number of thiophene rings is 1. The van der Waals surface area contributed by atoms with Crippen molar-refractivity contribution in [3.8, 4) is 11.5 Å². The van der Waals surface area contributed by atoms with Gasteiger partial charge in [0.25, 0.3) is 0 Å². The molecule has 0 spiro atoms. The van der Waals surface area contributed by atoms with Gasteiger partial charge in [-0.2, -0.15) is 0 Å². The zero-order chi connectivity index (χ0) is 17.9. The molecule has 25 heavy (non-hydrogen) atoms. The highest BCUT2D eigenvalue weighted by Gasteiger charge is 2.32. The molecule has 2 aromatic rings. The molecule has 1 aliphatic heterocycles. The van der Waals surface area contributed by atoms with E-state index < -0.39 is 6.36 Å². The molecular formula is C17H19F3N2O2S. The van der Waals surface area contributed by atoms with E-state index in [0.717, 1.165) is 36.6 Å². The van der Waals surface area contributed by atoms with Crippen molar-refractivity contribution in [1.29, 1.82) is 0 Å². The predicted octanol–water partition coefficient (Wildman–Crippen LogP) is 3.65. The molecule has 1 aromatic carbocycles. The van der Waals surface area contributed by atoms with E-state index in [1.54, 1.807) is 17.4 Å². The van der Waals surface area contributed by atoms with Gasteiger partial charge in [-0.15, -0.1) is 24.5 Å². The van der Waals surface area contributed by atoms with Crippen LogP contribution in [0.3, 0.4) is 0 Å². The number of benzene rings is 1. The monoisotopic (exact) mass is 372 g/mol. The fraction of sp³-hybridized carbons (Fsp3) is 0.412. The minimum absolute atomic E-state index is 0.0583. The summed E-state index contributed by atoms with van der Waals surface area (Å²) in [5.74, 6) is 0.108.